The SMILES string of the molecule is C.C.CC.CC.CC.CC.CC.CCI.CI.CO[Si](C)(C)C.O=[Se]=O.[2H]c1cnc2cnc(C(O)c3ccccc3)nc2n1.[2H]c1cnc2cnc(C(OCO)c3ccccc3)nc2n1.[2H]c1cnc2cnc(C(OCO[Si](C)(C)C)c3ccccc3)nc2n1.[2H]c1cnc2cnc(C)nc2n1.[2H]c1cnc2cnc(C=O)nc2n1.[Br-].[Mg+2].[c-]1ccccc1. The van der Waals surface area contributed by atoms with Gasteiger partial charge in [-0.3, -0.25) is 4.79 Å². The van der Waals surface area contributed by atoms with Gasteiger partial charge in [0.25, 0.3) is 0 Å². The minimum Gasteiger partial charge on any atom is -1.00 e. The molecule has 119 heavy (non-hydrogen) atoms. The molecule has 0 aliphatic rings. The Bertz CT molecular complexity index is 5090. The van der Waals surface area contributed by atoms with Gasteiger partial charge in [0, 0.05) is 69.0 Å². The van der Waals surface area contributed by atoms with Crippen LogP contribution in [0.1, 0.15) is 167 Å². The minimum absolute atomic E-state index is 0. The van der Waals surface area contributed by atoms with E-state index < -0.39 is 56.6 Å². The molecule has 3 atom stereocenters. The van der Waals surface area contributed by atoms with Crippen molar-refractivity contribution in [3.05, 3.63) is 266 Å². The Morgan fingerprint density at radius 2 is 0.765 bits per heavy atom. The van der Waals surface area contributed by atoms with Crippen molar-refractivity contribution in [1.29, 1.82) is 0 Å². The molecule has 2 N–H and O–H groups in total. The zero-order valence-corrected chi connectivity index (χ0v) is 80.7. The first kappa shape index (κ1) is 109. The summed E-state index contributed by atoms with van der Waals surface area (Å²) in [5.74, 6) is 1.77. The molecule has 0 aliphatic carbocycles. The summed E-state index contributed by atoms with van der Waals surface area (Å²) < 4.78 is 77.2. The van der Waals surface area contributed by atoms with Crippen LogP contribution in [0.5, 0.6) is 0 Å². The third kappa shape index (κ3) is 49.2. The number of ether oxygens (including phenoxy) is 2. The maximum Gasteiger partial charge on any atom is 2.00 e. The summed E-state index contributed by atoms with van der Waals surface area (Å²) in [5, 5.41) is 19.3. The molecule has 14 aromatic rings. The van der Waals surface area contributed by atoms with E-state index in [0.717, 1.165) is 11.1 Å². The van der Waals surface area contributed by atoms with E-state index in [2.05, 4.69) is 197 Å². The maximum atomic E-state index is 10.3. The van der Waals surface area contributed by atoms with Gasteiger partial charge in [0.1, 0.15) is 65.3 Å². The average Bonchev–Trinajstić information content (AvgIpc) is 0.819. The van der Waals surface area contributed by atoms with Gasteiger partial charge >= 0.3 is 45.5 Å². The molecule has 0 aliphatic heterocycles. The van der Waals surface area contributed by atoms with E-state index in [1.54, 1.807) is 38.6 Å². The van der Waals surface area contributed by atoms with Crippen LogP contribution in [-0.2, 0) is 26.0 Å². The predicted octanol–water partition coefficient (Wildman–Crippen LogP) is 15.1. The second kappa shape index (κ2) is 74.7. The van der Waals surface area contributed by atoms with Crippen LogP contribution in [-0.4, -0.2) is 201 Å². The standard InChI is InChI=1S/C17H20N4O2Si.C14H12N4O2.C13H10N4O.C7H4N4O.C7H6N4.C6H5.C4H12OSi.C2H5I.5C2H6.CH3I.2CH4.BrH.Mg.O2Se/c1-24(2,3)23-12-22-15(13-7-5-4-6-8-13)17-20-11-14-16(21-17)19-10-9-18-14;19-9-20-12(10-4-2-1-3-5-10)14-17-8-11-13(18-14)16-7-6-15-11;18-11(9-4-2-1-3-5-9)13-16-8-10-12(17-13)15-7-6-14-10;12-4-6-10-3-5-7(11-6)9-2-1-8-5;1-5-10-4-6-7(11-5)9-3-2-8-6;1-2-4-6-5-3-1;1-5-6(2,3)4;1-2-3;6*1-2;;;;;1-3-2/h4-11,15H,12H2,1-3H3;1-8,12,19H,9H2;1-8,11,18H;1-4H;2-4H,1H3;1-5H;1-4H3;2H2,1H3;5*1-2H3;1H3;2*1H4;1H;;/q;;;;;-1;;;;;;;;;;;;+2;/p-1/i10D;2*7D;2D;3D;;;;;;;;;;;;;;. The van der Waals surface area contributed by atoms with Crippen molar-refractivity contribution in [2.45, 2.75) is 156 Å². The van der Waals surface area contributed by atoms with Crippen molar-refractivity contribution in [2.75, 3.05) is 30.1 Å². The number of aryl methyl sites for hydroxylation is 1. The molecular formula is C83H115BrI2MgN20O9SeSi2. The number of alkyl halides is 2. The summed E-state index contributed by atoms with van der Waals surface area (Å²) in [5.41, 5.74) is 6.87. The quantitative estimate of drug-likeness (QED) is 0.0255. The molecule has 0 amide bonds. The van der Waals surface area contributed by atoms with Gasteiger partial charge in [-0.2, -0.15) is 36.4 Å². The summed E-state index contributed by atoms with van der Waals surface area (Å²) in [6, 6.07) is 40.7. The number of hydrogen-bond acceptors (Lipinski definition) is 29. The number of nitrogens with zero attached hydrogens (tertiary/aromatic N) is 20. The van der Waals surface area contributed by atoms with Crippen LogP contribution in [0.2, 0.25) is 39.3 Å². The first-order valence-corrected chi connectivity index (χ1v) is 48.1. The van der Waals surface area contributed by atoms with Crippen LogP contribution in [0.3, 0.4) is 0 Å². The topological polar surface area (TPSA) is 386 Å². The first-order valence-electron chi connectivity index (χ1n) is 38.7. The van der Waals surface area contributed by atoms with Crippen LogP contribution in [0.25, 0.3) is 55.8 Å². The fourth-order valence-electron chi connectivity index (χ4n) is 7.60. The number of hydrogen-bond donors (Lipinski definition) is 2. The number of carbonyl (C=O) groups is 1. The number of rotatable bonds is 14. The van der Waals surface area contributed by atoms with Crippen molar-refractivity contribution < 1.29 is 64.8 Å². The molecule has 0 bridgehead atoms. The predicted molar refractivity (Wildman–Crippen MR) is 495 cm³/mol. The number of halogens is 3. The Hall–Kier alpha value is -8.33. The van der Waals surface area contributed by atoms with Crippen molar-refractivity contribution in [3.63, 3.8) is 0 Å². The van der Waals surface area contributed by atoms with Gasteiger partial charge < -0.3 is 45.5 Å². The Labute approximate surface area is 771 Å². The van der Waals surface area contributed by atoms with Gasteiger partial charge in [-0.1, -0.05) is 227 Å². The van der Waals surface area contributed by atoms with E-state index in [1.165, 1.54) is 54.0 Å². The number of benzene rings is 4. The van der Waals surface area contributed by atoms with E-state index in [1.807, 2.05) is 183 Å². The number of fused-ring (bicyclic) bond motifs is 5. The molecule has 0 saturated carbocycles. The van der Waals surface area contributed by atoms with Crippen molar-refractivity contribution in [3.8, 4) is 0 Å². The molecule has 4 aromatic carbocycles. The summed E-state index contributed by atoms with van der Waals surface area (Å²) in [6.07, 6.45) is 13.2. The molecule has 0 fully saturated rings. The molecule has 3 unspecified atom stereocenters. The van der Waals surface area contributed by atoms with E-state index in [-0.39, 0.29) is 110 Å². The van der Waals surface area contributed by atoms with Crippen molar-refractivity contribution in [2.24, 2.45) is 0 Å². The Kier molecular flexibility index (Phi) is 68.2. The normalized spacial score (nSPS) is 10.7. The number of aliphatic hydroxyl groups is 2. The summed E-state index contributed by atoms with van der Waals surface area (Å²) >= 11 is 2.81. The molecule has 14 rings (SSSR count). The largest absolute Gasteiger partial charge is 2.00 e. The number of aliphatic hydroxyl groups excluding tert-OH is 2. The van der Waals surface area contributed by atoms with Gasteiger partial charge in [-0.05, 0) is 72.3 Å². The van der Waals surface area contributed by atoms with E-state index in [0.29, 0.717) is 79.5 Å². The van der Waals surface area contributed by atoms with Crippen molar-refractivity contribution >= 4 is 162 Å². The van der Waals surface area contributed by atoms with Gasteiger partial charge in [-0.15, -0.1) is 0 Å². The van der Waals surface area contributed by atoms with Crippen molar-refractivity contribution in [1.82, 2.24) is 99.7 Å². The van der Waals surface area contributed by atoms with Crippen LogP contribution in [0.4, 0.5) is 0 Å². The summed E-state index contributed by atoms with van der Waals surface area (Å²) in [4.78, 5) is 93.1. The Balaban J connectivity index is -0.000000442. The number of aldehydes is 1. The monoisotopic (exact) mass is 2030 g/mol. The third-order valence-corrected chi connectivity index (χ3v) is 14.6. The number of carbonyl (C=O) groups excluding carboxylic acids is 1. The van der Waals surface area contributed by atoms with Gasteiger partial charge in [0.15, 0.2) is 74.5 Å². The van der Waals surface area contributed by atoms with Crippen LogP contribution >= 0.6 is 45.2 Å². The average molecular weight is 2040 g/mol. The molecule has 638 valence electrons. The fourth-order valence-corrected chi connectivity index (χ4v) is 8.02. The minimum atomic E-state index is -1.69. The molecule has 10 heterocycles. The van der Waals surface area contributed by atoms with E-state index >= 15 is 0 Å². The third-order valence-electron chi connectivity index (χ3n) is 12.4. The van der Waals surface area contributed by atoms with Gasteiger partial charge in [0.05, 0.1) is 37.8 Å². The van der Waals surface area contributed by atoms with Gasteiger partial charge in [-0.25, -0.2) is 99.7 Å². The smallest absolute Gasteiger partial charge is 1.00 e. The summed E-state index contributed by atoms with van der Waals surface area (Å²) in [7, 11) is -1.05. The second-order valence-electron chi connectivity index (χ2n) is 21.9. The van der Waals surface area contributed by atoms with Gasteiger partial charge in [0.2, 0.25) is 0 Å². The van der Waals surface area contributed by atoms with E-state index in [4.69, 9.17) is 38.0 Å². The zero-order valence-electron chi connectivity index (χ0n) is 74.7. The maximum absolute atomic E-state index is 10.3. The molecule has 10 aromatic heterocycles. The van der Waals surface area contributed by atoms with E-state index in [9.17, 15) is 9.90 Å². The van der Waals surface area contributed by atoms with Crippen LogP contribution in [0.15, 0.2) is 214 Å². The molecule has 0 spiro atoms. The second-order valence-corrected chi connectivity index (χ2v) is 32.9. The number of aromatic nitrogens is 20. The molecule has 0 saturated heterocycles. The molecule has 0 radical (unpaired) electrons. The molecule has 29 nitrogen and oxygen atoms in total. The van der Waals surface area contributed by atoms with Crippen LogP contribution < -0.4 is 17.0 Å². The molecular weight excluding hydrogens is 1910 g/mol. The van der Waals surface area contributed by atoms with Crippen LogP contribution in [0, 0.1) is 13.0 Å². The zero-order chi connectivity index (χ0) is 90.4. The fraction of sp³-hybridized carbons (Fsp3) is 0.337. The first-order chi connectivity index (χ1) is 57.9. The molecule has 36 heteroatoms. The Morgan fingerprint density at radius 3 is 1.08 bits per heavy atom. The Morgan fingerprint density at radius 1 is 0.471 bits per heavy atom. The summed E-state index contributed by atoms with van der Waals surface area (Å²) in [6.45, 7) is 36.4.